The zero-order chi connectivity index (χ0) is 11.6. The molecule has 1 fully saturated rings. The van der Waals surface area contributed by atoms with E-state index in [0.29, 0.717) is 6.04 Å². The molecule has 0 radical (unpaired) electrons. The second kappa shape index (κ2) is 4.93. The highest BCUT2D eigenvalue weighted by Crippen LogP contribution is 2.27. The zero-order valence-electron chi connectivity index (χ0n) is 10.3. The number of nitrogens with two attached hydrogens (primary N) is 1. The van der Waals surface area contributed by atoms with E-state index in [-0.39, 0.29) is 11.5 Å². The summed E-state index contributed by atoms with van der Waals surface area (Å²) >= 11 is 0. The highest BCUT2D eigenvalue weighted by Gasteiger charge is 2.34. The standard InChI is InChI=1S/C11H24N2OS/c1-9(12)10(11(2,3)4)13-5-7-15(14)8-6-13/h9-10H,5-8,12H2,1-4H3. The van der Waals surface area contributed by atoms with Gasteiger partial charge in [0.25, 0.3) is 0 Å². The van der Waals surface area contributed by atoms with Crippen molar-refractivity contribution in [1.29, 1.82) is 0 Å². The molecule has 2 unspecified atom stereocenters. The van der Waals surface area contributed by atoms with E-state index in [0.717, 1.165) is 24.6 Å². The molecule has 0 aliphatic carbocycles. The predicted molar refractivity (Wildman–Crippen MR) is 66.3 cm³/mol. The monoisotopic (exact) mass is 232 g/mol. The lowest BCUT2D eigenvalue weighted by Crippen LogP contribution is -2.56. The average molecular weight is 232 g/mol. The van der Waals surface area contributed by atoms with E-state index < -0.39 is 10.8 Å². The molecule has 1 rings (SSSR count). The van der Waals surface area contributed by atoms with Crippen molar-refractivity contribution in [1.82, 2.24) is 4.90 Å². The van der Waals surface area contributed by atoms with Crippen LogP contribution in [-0.2, 0) is 10.8 Å². The summed E-state index contributed by atoms with van der Waals surface area (Å²) in [5.41, 5.74) is 6.26. The molecule has 1 heterocycles. The smallest absolute Gasteiger partial charge is 0.0363 e. The molecule has 0 aromatic carbocycles. The van der Waals surface area contributed by atoms with Crippen LogP contribution in [0.25, 0.3) is 0 Å². The highest BCUT2D eigenvalue weighted by molar-refractivity contribution is 7.85. The van der Waals surface area contributed by atoms with Gasteiger partial charge in [0.2, 0.25) is 0 Å². The Labute approximate surface area is 95.9 Å². The summed E-state index contributed by atoms with van der Waals surface area (Å²) in [5, 5.41) is 0. The van der Waals surface area contributed by atoms with Crippen LogP contribution in [0, 0.1) is 5.41 Å². The largest absolute Gasteiger partial charge is 0.327 e. The van der Waals surface area contributed by atoms with Crippen molar-refractivity contribution in [3.05, 3.63) is 0 Å². The molecule has 4 heteroatoms. The summed E-state index contributed by atoms with van der Waals surface area (Å²) in [6, 6.07) is 0.548. The molecule has 0 saturated carbocycles. The molecule has 1 aliphatic heterocycles. The van der Waals surface area contributed by atoms with Crippen molar-refractivity contribution in [2.45, 2.75) is 39.8 Å². The highest BCUT2D eigenvalue weighted by atomic mass is 32.2. The zero-order valence-corrected chi connectivity index (χ0v) is 11.1. The third-order valence-corrected chi connectivity index (χ3v) is 4.27. The van der Waals surface area contributed by atoms with Gasteiger partial charge in [-0.15, -0.1) is 0 Å². The molecule has 15 heavy (non-hydrogen) atoms. The molecule has 3 nitrogen and oxygen atoms in total. The van der Waals surface area contributed by atoms with Crippen molar-refractivity contribution in [3.63, 3.8) is 0 Å². The Morgan fingerprint density at radius 2 is 1.73 bits per heavy atom. The van der Waals surface area contributed by atoms with E-state index in [4.69, 9.17) is 5.73 Å². The average Bonchev–Trinajstić information content (AvgIpc) is 2.05. The molecule has 0 bridgehead atoms. The van der Waals surface area contributed by atoms with Gasteiger partial charge in [-0.3, -0.25) is 9.11 Å². The molecule has 0 amide bonds. The Morgan fingerprint density at radius 3 is 2.07 bits per heavy atom. The third kappa shape index (κ3) is 3.54. The topological polar surface area (TPSA) is 46.3 Å². The van der Waals surface area contributed by atoms with Crippen LogP contribution in [0.3, 0.4) is 0 Å². The minimum Gasteiger partial charge on any atom is -0.327 e. The van der Waals surface area contributed by atoms with Gasteiger partial charge in [-0.2, -0.15) is 0 Å². The van der Waals surface area contributed by atoms with Crippen LogP contribution < -0.4 is 5.73 Å². The van der Waals surface area contributed by atoms with E-state index in [1.807, 2.05) is 0 Å². The van der Waals surface area contributed by atoms with Gasteiger partial charge in [0.05, 0.1) is 0 Å². The van der Waals surface area contributed by atoms with Crippen molar-refractivity contribution in [3.8, 4) is 0 Å². The summed E-state index contributed by atoms with van der Waals surface area (Å²) in [6.07, 6.45) is 0. The second-order valence-corrected chi connectivity index (χ2v) is 7.25. The van der Waals surface area contributed by atoms with Crippen molar-refractivity contribution < 1.29 is 4.21 Å². The van der Waals surface area contributed by atoms with Crippen molar-refractivity contribution in [2.75, 3.05) is 24.6 Å². The summed E-state index contributed by atoms with van der Waals surface area (Å²) in [7, 11) is -0.600. The lowest BCUT2D eigenvalue weighted by atomic mass is 9.82. The minimum absolute atomic E-state index is 0.163. The maximum Gasteiger partial charge on any atom is 0.0363 e. The number of hydrogen-bond donors (Lipinski definition) is 1. The van der Waals surface area contributed by atoms with Gasteiger partial charge in [-0.25, -0.2) is 0 Å². The van der Waals surface area contributed by atoms with Crippen molar-refractivity contribution >= 4 is 10.8 Å². The summed E-state index contributed by atoms with van der Waals surface area (Å²) < 4.78 is 11.3. The summed E-state index contributed by atoms with van der Waals surface area (Å²) in [6.45, 7) is 10.6. The van der Waals surface area contributed by atoms with Gasteiger partial charge in [-0.05, 0) is 12.3 Å². The third-order valence-electron chi connectivity index (χ3n) is 2.99. The maximum absolute atomic E-state index is 11.3. The van der Waals surface area contributed by atoms with Gasteiger partial charge in [0.15, 0.2) is 0 Å². The normalized spacial score (nSPS) is 25.1. The molecule has 1 aliphatic rings. The van der Waals surface area contributed by atoms with Crippen LogP contribution in [0.5, 0.6) is 0 Å². The summed E-state index contributed by atoms with van der Waals surface area (Å²) in [4.78, 5) is 2.41. The van der Waals surface area contributed by atoms with E-state index in [1.165, 1.54) is 0 Å². The quantitative estimate of drug-likeness (QED) is 0.766. The first-order chi connectivity index (χ1) is 6.82. The van der Waals surface area contributed by atoms with E-state index in [2.05, 4.69) is 32.6 Å². The lowest BCUT2D eigenvalue weighted by Gasteiger charge is -2.44. The van der Waals surface area contributed by atoms with Gasteiger partial charge < -0.3 is 5.73 Å². The summed E-state index contributed by atoms with van der Waals surface area (Å²) in [5.74, 6) is 1.61. The number of rotatable bonds is 2. The van der Waals surface area contributed by atoms with Gasteiger partial charge in [0, 0.05) is 47.5 Å². The van der Waals surface area contributed by atoms with Crippen LogP contribution in [0.15, 0.2) is 0 Å². The predicted octanol–water partition coefficient (Wildman–Crippen LogP) is 0.813. The Bertz CT molecular complexity index is 225. The van der Waals surface area contributed by atoms with E-state index >= 15 is 0 Å². The lowest BCUT2D eigenvalue weighted by molar-refractivity contribution is 0.0907. The molecule has 0 aromatic rings. The first-order valence-corrected chi connectivity index (χ1v) is 7.16. The molecule has 0 spiro atoms. The Balaban J connectivity index is 2.69. The first-order valence-electron chi connectivity index (χ1n) is 5.67. The van der Waals surface area contributed by atoms with Gasteiger partial charge in [0.1, 0.15) is 0 Å². The van der Waals surface area contributed by atoms with Crippen LogP contribution in [0.1, 0.15) is 27.7 Å². The van der Waals surface area contributed by atoms with Crippen LogP contribution >= 0.6 is 0 Å². The fourth-order valence-corrected chi connectivity index (χ4v) is 3.68. The molecule has 2 N–H and O–H groups in total. The number of hydrogen-bond acceptors (Lipinski definition) is 3. The molecule has 2 atom stereocenters. The van der Waals surface area contributed by atoms with Crippen LogP contribution in [0.4, 0.5) is 0 Å². The molecule has 90 valence electrons. The van der Waals surface area contributed by atoms with Gasteiger partial charge >= 0.3 is 0 Å². The Hall–Kier alpha value is 0.0700. The van der Waals surface area contributed by atoms with Gasteiger partial charge in [-0.1, -0.05) is 20.8 Å². The Morgan fingerprint density at radius 1 is 1.27 bits per heavy atom. The van der Waals surface area contributed by atoms with E-state index in [1.54, 1.807) is 0 Å². The van der Waals surface area contributed by atoms with Crippen molar-refractivity contribution in [2.24, 2.45) is 11.1 Å². The fraction of sp³-hybridized carbons (Fsp3) is 1.00. The van der Waals surface area contributed by atoms with Crippen LogP contribution in [-0.4, -0.2) is 45.8 Å². The minimum atomic E-state index is -0.600. The molecule has 1 saturated heterocycles. The fourth-order valence-electron chi connectivity index (χ4n) is 2.60. The van der Waals surface area contributed by atoms with Crippen LogP contribution in [0.2, 0.25) is 0 Å². The number of nitrogens with zero attached hydrogens (tertiary/aromatic N) is 1. The first kappa shape index (κ1) is 13.1. The molecular formula is C11H24N2OS. The maximum atomic E-state index is 11.3. The Kier molecular flexibility index (Phi) is 4.32. The van der Waals surface area contributed by atoms with E-state index in [9.17, 15) is 4.21 Å². The molecule has 0 aromatic heterocycles. The second-order valence-electron chi connectivity index (χ2n) is 5.55. The molecular weight excluding hydrogens is 208 g/mol. The SMILES string of the molecule is CC(N)C(N1CCS(=O)CC1)C(C)(C)C.